The van der Waals surface area contributed by atoms with Gasteiger partial charge in [0.05, 0.1) is 6.61 Å². The second-order valence-corrected chi connectivity index (χ2v) is 6.82. The van der Waals surface area contributed by atoms with E-state index >= 15 is 0 Å². The van der Waals surface area contributed by atoms with Crippen LogP contribution in [0.4, 0.5) is 5.95 Å². The summed E-state index contributed by atoms with van der Waals surface area (Å²) in [6.45, 7) is 7.30. The molecule has 3 rings (SSSR count). The number of aliphatic imine (C=N–C) groups is 1. The standard InChI is InChI=1S/C21H31N7O/c1-22-20(23-11-6-18-29-19-7-3-2-4-8-19)24-12-13-27-14-16-28(17-15-27)21-25-9-5-10-26-21/h2-5,7-10H,6,11-18H2,1H3,(H2,22,23,24). The lowest BCUT2D eigenvalue weighted by molar-refractivity contribution is 0.260. The maximum atomic E-state index is 5.70. The van der Waals surface area contributed by atoms with Crippen LogP contribution in [0.5, 0.6) is 5.75 Å². The summed E-state index contributed by atoms with van der Waals surface area (Å²) in [5, 5.41) is 6.72. The third kappa shape index (κ3) is 7.23. The minimum absolute atomic E-state index is 0.684. The van der Waals surface area contributed by atoms with Gasteiger partial charge in [-0.05, 0) is 24.6 Å². The monoisotopic (exact) mass is 397 g/mol. The smallest absolute Gasteiger partial charge is 0.225 e. The molecule has 0 radical (unpaired) electrons. The lowest BCUT2D eigenvalue weighted by atomic mass is 10.3. The topological polar surface area (TPSA) is 77.9 Å². The molecule has 2 N–H and O–H groups in total. The van der Waals surface area contributed by atoms with Crippen molar-refractivity contribution >= 4 is 11.9 Å². The van der Waals surface area contributed by atoms with Crippen molar-refractivity contribution in [1.29, 1.82) is 0 Å². The highest BCUT2D eigenvalue weighted by Gasteiger charge is 2.18. The van der Waals surface area contributed by atoms with Crippen molar-refractivity contribution in [2.24, 2.45) is 4.99 Å². The number of anilines is 1. The molecule has 0 amide bonds. The number of aromatic nitrogens is 2. The van der Waals surface area contributed by atoms with Crippen LogP contribution in [0.2, 0.25) is 0 Å². The molecule has 156 valence electrons. The quantitative estimate of drug-likeness (QED) is 0.374. The van der Waals surface area contributed by atoms with Crippen molar-refractivity contribution in [1.82, 2.24) is 25.5 Å². The number of piperazine rings is 1. The van der Waals surface area contributed by atoms with E-state index in [9.17, 15) is 0 Å². The Morgan fingerprint density at radius 2 is 1.72 bits per heavy atom. The molecule has 0 atom stereocenters. The van der Waals surface area contributed by atoms with Gasteiger partial charge in [0.15, 0.2) is 5.96 Å². The van der Waals surface area contributed by atoms with Gasteiger partial charge in [0.2, 0.25) is 5.95 Å². The summed E-state index contributed by atoms with van der Waals surface area (Å²) >= 11 is 0. The third-order valence-electron chi connectivity index (χ3n) is 4.78. The molecular weight excluding hydrogens is 366 g/mol. The Morgan fingerprint density at radius 3 is 2.45 bits per heavy atom. The Kier molecular flexibility index (Phi) is 8.53. The van der Waals surface area contributed by atoms with Crippen molar-refractivity contribution in [3.63, 3.8) is 0 Å². The van der Waals surface area contributed by atoms with Crippen LogP contribution in [0.3, 0.4) is 0 Å². The Labute approximate surface area is 173 Å². The van der Waals surface area contributed by atoms with Gasteiger partial charge < -0.3 is 20.3 Å². The number of ether oxygens (including phenoxy) is 1. The molecule has 1 aliphatic heterocycles. The number of guanidine groups is 1. The van der Waals surface area contributed by atoms with Gasteiger partial charge in [0, 0.05) is 65.3 Å². The van der Waals surface area contributed by atoms with E-state index in [0.29, 0.717) is 6.61 Å². The van der Waals surface area contributed by atoms with Crippen molar-refractivity contribution in [2.75, 3.05) is 64.4 Å². The largest absolute Gasteiger partial charge is 0.494 e. The maximum absolute atomic E-state index is 5.70. The molecular formula is C21H31N7O. The highest BCUT2D eigenvalue weighted by atomic mass is 16.5. The SMILES string of the molecule is CN=C(NCCCOc1ccccc1)NCCN1CCN(c2ncccn2)CC1. The van der Waals surface area contributed by atoms with E-state index < -0.39 is 0 Å². The number of nitrogens with zero attached hydrogens (tertiary/aromatic N) is 5. The maximum Gasteiger partial charge on any atom is 0.225 e. The van der Waals surface area contributed by atoms with Crippen molar-refractivity contribution in [3.8, 4) is 5.75 Å². The third-order valence-corrected chi connectivity index (χ3v) is 4.78. The molecule has 8 nitrogen and oxygen atoms in total. The fourth-order valence-corrected chi connectivity index (χ4v) is 3.16. The number of nitrogens with one attached hydrogen (secondary N) is 2. The summed E-state index contributed by atoms with van der Waals surface area (Å²) in [7, 11) is 1.80. The van der Waals surface area contributed by atoms with Crippen LogP contribution in [0.15, 0.2) is 53.8 Å². The summed E-state index contributed by atoms with van der Waals surface area (Å²) in [5.74, 6) is 2.57. The Balaban J connectivity index is 1.25. The van der Waals surface area contributed by atoms with Crippen molar-refractivity contribution in [3.05, 3.63) is 48.8 Å². The zero-order valence-electron chi connectivity index (χ0n) is 17.1. The summed E-state index contributed by atoms with van der Waals surface area (Å²) in [4.78, 5) is 17.6. The van der Waals surface area contributed by atoms with Crippen LogP contribution >= 0.6 is 0 Å². The molecule has 1 fully saturated rings. The first-order valence-corrected chi connectivity index (χ1v) is 10.2. The number of hydrogen-bond donors (Lipinski definition) is 2. The molecule has 2 aromatic rings. The highest BCUT2D eigenvalue weighted by molar-refractivity contribution is 5.79. The second kappa shape index (κ2) is 11.9. The van der Waals surface area contributed by atoms with Crippen LogP contribution in [0.1, 0.15) is 6.42 Å². The van der Waals surface area contributed by atoms with Gasteiger partial charge >= 0.3 is 0 Å². The van der Waals surface area contributed by atoms with Crippen molar-refractivity contribution < 1.29 is 4.74 Å². The van der Waals surface area contributed by atoms with Crippen LogP contribution in [0.25, 0.3) is 0 Å². The van der Waals surface area contributed by atoms with E-state index in [4.69, 9.17) is 4.74 Å². The first kappa shape index (κ1) is 20.9. The molecule has 8 heteroatoms. The number of hydrogen-bond acceptors (Lipinski definition) is 6. The Morgan fingerprint density at radius 1 is 1.00 bits per heavy atom. The second-order valence-electron chi connectivity index (χ2n) is 6.82. The molecule has 1 saturated heterocycles. The van der Waals surface area contributed by atoms with E-state index in [2.05, 4.69) is 35.4 Å². The van der Waals surface area contributed by atoms with E-state index in [1.165, 1.54) is 0 Å². The van der Waals surface area contributed by atoms with Crippen LogP contribution in [-0.4, -0.2) is 80.3 Å². The van der Waals surface area contributed by atoms with Crippen LogP contribution < -0.4 is 20.3 Å². The summed E-state index contributed by atoms with van der Waals surface area (Å²) in [6, 6.07) is 11.7. The average molecular weight is 398 g/mol. The minimum atomic E-state index is 0.684. The highest BCUT2D eigenvalue weighted by Crippen LogP contribution is 2.09. The molecule has 1 aromatic carbocycles. The average Bonchev–Trinajstić information content (AvgIpc) is 2.79. The van der Waals surface area contributed by atoms with Gasteiger partial charge in [0.1, 0.15) is 5.75 Å². The molecule has 0 aliphatic carbocycles. The van der Waals surface area contributed by atoms with Gasteiger partial charge in [0.25, 0.3) is 0 Å². The first-order chi connectivity index (χ1) is 14.3. The molecule has 0 bridgehead atoms. The van der Waals surface area contributed by atoms with Gasteiger partial charge in [-0.25, -0.2) is 9.97 Å². The number of benzene rings is 1. The van der Waals surface area contributed by atoms with Gasteiger partial charge in [-0.3, -0.25) is 9.89 Å². The molecule has 29 heavy (non-hydrogen) atoms. The summed E-state index contributed by atoms with van der Waals surface area (Å²) < 4.78 is 5.70. The van der Waals surface area contributed by atoms with E-state index in [1.807, 2.05) is 36.4 Å². The number of para-hydroxylation sites is 1. The van der Waals surface area contributed by atoms with E-state index in [0.717, 1.165) is 69.9 Å². The predicted molar refractivity (Wildman–Crippen MR) is 117 cm³/mol. The van der Waals surface area contributed by atoms with E-state index in [1.54, 1.807) is 19.4 Å². The van der Waals surface area contributed by atoms with Crippen LogP contribution in [-0.2, 0) is 0 Å². The minimum Gasteiger partial charge on any atom is -0.494 e. The summed E-state index contributed by atoms with van der Waals surface area (Å²) in [5.41, 5.74) is 0. The van der Waals surface area contributed by atoms with Crippen LogP contribution in [0, 0.1) is 0 Å². The fraction of sp³-hybridized carbons (Fsp3) is 0.476. The first-order valence-electron chi connectivity index (χ1n) is 10.2. The lowest BCUT2D eigenvalue weighted by Gasteiger charge is -2.34. The predicted octanol–water partition coefficient (Wildman–Crippen LogP) is 1.23. The fourth-order valence-electron chi connectivity index (χ4n) is 3.16. The summed E-state index contributed by atoms with van der Waals surface area (Å²) in [6.07, 6.45) is 4.51. The Hall–Kier alpha value is -2.87. The van der Waals surface area contributed by atoms with Crippen molar-refractivity contribution in [2.45, 2.75) is 6.42 Å². The molecule has 0 unspecified atom stereocenters. The molecule has 1 aliphatic rings. The van der Waals surface area contributed by atoms with Gasteiger partial charge in [-0.2, -0.15) is 0 Å². The molecule has 2 heterocycles. The van der Waals surface area contributed by atoms with Gasteiger partial charge in [-0.15, -0.1) is 0 Å². The zero-order chi connectivity index (χ0) is 20.2. The molecule has 1 aromatic heterocycles. The van der Waals surface area contributed by atoms with Gasteiger partial charge in [-0.1, -0.05) is 18.2 Å². The normalized spacial score (nSPS) is 15.2. The zero-order valence-corrected chi connectivity index (χ0v) is 17.1. The van der Waals surface area contributed by atoms with E-state index in [-0.39, 0.29) is 0 Å². The molecule has 0 spiro atoms. The lowest BCUT2D eigenvalue weighted by Crippen LogP contribution is -2.49. The number of rotatable bonds is 9. The Bertz CT molecular complexity index is 718. The molecule has 0 saturated carbocycles.